The van der Waals surface area contributed by atoms with Gasteiger partial charge in [-0.25, -0.2) is 0 Å². The Morgan fingerprint density at radius 1 is 1.21 bits per heavy atom. The van der Waals surface area contributed by atoms with Crippen LogP contribution in [0.3, 0.4) is 0 Å². The molecule has 2 heterocycles. The summed E-state index contributed by atoms with van der Waals surface area (Å²) in [5.41, 5.74) is 0.920. The first-order valence-corrected chi connectivity index (χ1v) is 11.6. The molecule has 1 aromatic carbocycles. The number of benzene rings is 1. The van der Waals surface area contributed by atoms with E-state index in [1.807, 2.05) is 0 Å². The fraction of sp³-hybridized carbons (Fsp3) is 0.375. The highest BCUT2D eigenvalue weighted by molar-refractivity contribution is 9.10. The molecular formula is C24H28BrN3O5. The van der Waals surface area contributed by atoms with Crippen LogP contribution >= 0.6 is 15.9 Å². The van der Waals surface area contributed by atoms with Crippen molar-refractivity contribution in [3.8, 4) is 11.5 Å². The van der Waals surface area contributed by atoms with Crippen LogP contribution in [-0.4, -0.2) is 70.0 Å². The average molecular weight is 518 g/mol. The summed E-state index contributed by atoms with van der Waals surface area (Å²) in [7, 11) is 1.42. The van der Waals surface area contributed by atoms with Crippen LogP contribution in [0.1, 0.15) is 37.4 Å². The van der Waals surface area contributed by atoms with Gasteiger partial charge in [-0.1, -0.05) is 13.8 Å². The van der Waals surface area contributed by atoms with E-state index in [-0.39, 0.29) is 22.8 Å². The number of likely N-dealkylation sites (tertiary alicyclic amines) is 1. The van der Waals surface area contributed by atoms with Crippen molar-refractivity contribution in [3.63, 3.8) is 0 Å². The number of pyridine rings is 1. The van der Waals surface area contributed by atoms with E-state index in [0.717, 1.165) is 19.6 Å². The second-order valence-electron chi connectivity index (χ2n) is 7.66. The quantitative estimate of drug-likeness (QED) is 0.296. The molecule has 1 atom stereocenters. The number of hydrogen-bond donors (Lipinski definition) is 2. The molecule has 0 radical (unpaired) electrons. The largest absolute Gasteiger partial charge is 0.507 e. The van der Waals surface area contributed by atoms with E-state index in [1.165, 1.54) is 24.4 Å². The van der Waals surface area contributed by atoms with E-state index >= 15 is 0 Å². The van der Waals surface area contributed by atoms with Gasteiger partial charge in [0.25, 0.3) is 11.7 Å². The van der Waals surface area contributed by atoms with Crippen molar-refractivity contribution < 1.29 is 24.5 Å². The zero-order chi connectivity index (χ0) is 24.1. The fourth-order valence-corrected chi connectivity index (χ4v) is 4.49. The van der Waals surface area contributed by atoms with Gasteiger partial charge in [0, 0.05) is 24.5 Å². The van der Waals surface area contributed by atoms with E-state index < -0.39 is 17.7 Å². The highest BCUT2D eigenvalue weighted by atomic mass is 79.9. The fourth-order valence-electron chi connectivity index (χ4n) is 4.03. The molecule has 0 aliphatic carbocycles. The van der Waals surface area contributed by atoms with Gasteiger partial charge in [-0.05, 0) is 71.8 Å². The first-order valence-electron chi connectivity index (χ1n) is 10.8. The summed E-state index contributed by atoms with van der Waals surface area (Å²) >= 11 is 3.32. The Hall–Kier alpha value is -2.91. The van der Waals surface area contributed by atoms with E-state index in [1.54, 1.807) is 24.3 Å². The third kappa shape index (κ3) is 5.04. The Bertz CT molecular complexity index is 1050. The van der Waals surface area contributed by atoms with Crippen LogP contribution in [0.5, 0.6) is 11.5 Å². The molecule has 33 heavy (non-hydrogen) atoms. The predicted molar refractivity (Wildman–Crippen MR) is 128 cm³/mol. The van der Waals surface area contributed by atoms with Crippen molar-refractivity contribution in [3.05, 3.63) is 57.8 Å². The van der Waals surface area contributed by atoms with Crippen molar-refractivity contribution in [1.82, 2.24) is 14.8 Å². The van der Waals surface area contributed by atoms with Crippen molar-refractivity contribution in [2.75, 3.05) is 33.3 Å². The predicted octanol–water partition coefficient (Wildman–Crippen LogP) is 3.71. The number of aromatic hydroxyl groups is 1. The van der Waals surface area contributed by atoms with Crippen LogP contribution < -0.4 is 4.74 Å². The van der Waals surface area contributed by atoms with E-state index in [0.29, 0.717) is 28.6 Å². The minimum Gasteiger partial charge on any atom is -0.507 e. The topological polar surface area (TPSA) is 103 Å². The molecule has 3 rings (SSSR count). The Balaban J connectivity index is 2.10. The molecule has 2 N–H and O–H groups in total. The zero-order valence-electron chi connectivity index (χ0n) is 18.9. The Morgan fingerprint density at radius 2 is 1.88 bits per heavy atom. The lowest BCUT2D eigenvalue weighted by Gasteiger charge is -2.27. The van der Waals surface area contributed by atoms with Crippen LogP contribution in [0.25, 0.3) is 5.76 Å². The molecule has 0 saturated carbocycles. The number of aliphatic hydroxyl groups excluding tert-OH is 1. The van der Waals surface area contributed by atoms with E-state index in [2.05, 4.69) is 39.7 Å². The summed E-state index contributed by atoms with van der Waals surface area (Å²) in [4.78, 5) is 33.8. The lowest BCUT2D eigenvalue weighted by Crippen LogP contribution is -2.33. The number of nitrogens with zero attached hydrogens (tertiary/aromatic N) is 3. The van der Waals surface area contributed by atoms with Crippen LogP contribution in [0, 0.1) is 0 Å². The number of Topliss-reactive ketones (excluding diaryl/α,β-unsaturated/α-hetero) is 1. The maximum absolute atomic E-state index is 13.1. The molecule has 1 aliphatic heterocycles. The maximum Gasteiger partial charge on any atom is 0.295 e. The molecule has 0 spiro atoms. The summed E-state index contributed by atoms with van der Waals surface area (Å²) in [6.07, 6.45) is 3.67. The summed E-state index contributed by atoms with van der Waals surface area (Å²) in [6, 6.07) is 5.53. The van der Waals surface area contributed by atoms with Crippen LogP contribution in [-0.2, 0) is 9.59 Å². The maximum atomic E-state index is 13.1. The lowest BCUT2D eigenvalue weighted by molar-refractivity contribution is -0.140. The molecule has 176 valence electrons. The number of hydrogen-bond acceptors (Lipinski definition) is 7. The Kier molecular flexibility index (Phi) is 8.10. The van der Waals surface area contributed by atoms with Gasteiger partial charge in [-0.2, -0.15) is 0 Å². The first kappa shape index (κ1) is 24.7. The van der Waals surface area contributed by atoms with Crippen molar-refractivity contribution in [2.24, 2.45) is 0 Å². The first-order chi connectivity index (χ1) is 15.8. The Labute approximate surface area is 201 Å². The monoisotopic (exact) mass is 517 g/mol. The second kappa shape index (κ2) is 10.8. The summed E-state index contributed by atoms with van der Waals surface area (Å²) in [6.45, 7) is 7.04. The lowest BCUT2D eigenvalue weighted by atomic mass is 9.95. The minimum absolute atomic E-state index is 0.00585. The van der Waals surface area contributed by atoms with Gasteiger partial charge in [-0.15, -0.1) is 0 Å². The third-order valence-corrected chi connectivity index (χ3v) is 6.45. The molecule has 9 heteroatoms. The van der Waals surface area contributed by atoms with E-state index in [4.69, 9.17) is 4.74 Å². The summed E-state index contributed by atoms with van der Waals surface area (Å²) in [5, 5.41) is 21.3. The number of carbonyl (C=O) groups is 2. The smallest absolute Gasteiger partial charge is 0.295 e. The molecule has 1 saturated heterocycles. The highest BCUT2D eigenvalue weighted by Gasteiger charge is 2.46. The number of phenolic OH excluding ortho intramolecular Hbond substituents is 1. The van der Waals surface area contributed by atoms with Gasteiger partial charge in [0.15, 0.2) is 11.5 Å². The number of ether oxygens (including phenoxy) is 1. The molecule has 1 fully saturated rings. The number of ketones is 1. The standard InChI is InChI=1S/C24H28BrN3O5/c1-4-27(5-2)11-6-12-28-20(16-13-17(25)22(30)18(14-16)33-3)19(23(31)24(28)32)21(29)15-7-9-26-10-8-15/h7-10,13-14,20,29-30H,4-6,11-12H2,1-3H3/b21-19+. The second-order valence-corrected chi connectivity index (χ2v) is 8.52. The number of methoxy groups -OCH3 is 1. The number of phenols is 1. The van der Waals surface area contributed by atoms with Crippen molar-refractivity contribution in [2.45, 2.75) is 26.3 Å². The van der Waals surface area contributed by atoms with Crippen LogP contribution in [0.4, 0.5) is 0 Å². The van der Waals surface area contributed by atoms with Gasteiger partial charge in [-0.3, -0.25) is 14.6 Å². The molecular weight excluding hydrogens is 490 g/mol. The van der Waals surface area contributed by atoms with Crippen molar-refractivity contribution in [1.29, 1.82) is 0 Å². The van der Waals surface area contributed by atoms with Crippen molar-refractivity contribution >= 4 is 33.4 Å². The zero-order valence-corrected chi connectivity index (χ0v) is 20.5. The summed E-state index contributed by atoms with van der Waals surface area (Å²) < 4.78 is 5.63. The molecule has 1 aliphatic rings. The third-order valence-electron chi connectivity index (χ3n) is 5.85. The van der Waals surface area contributed by atoms with Gasteiger partial charge < -0.3 is 24.7 Å². The minimum atomic E-state index is -0.833. The molecule has 1 amide bonds. The molecule has 2 aromatic rings. The highest BCUT2D eigenvalue weighted by Crippen LogP contribution is 2.44. The van der Waals surface area contributed by atoms with Crippen LogP contribution in [0.15, 0.2) is 46.7 Å². The number of aromatic nitrogens is 1. The Morgan fingerprint density at radius 3 is 2.48 bits per heavy atom. The number of rotatable bonds is 9. The molecule has 1 unspecified atom stereocenters. The average Bonchev–Trinajstić information content (AvgIpc) is 3.08. The van der Waals surface area contributed by atoms with Crippen LogP contribution in [0.2, 0.25) is 0 Å². The molecule has 0 bridgehead atoms. The summed E-state index contributed by atoms with van der Waals surface area (Å²) in [5.74, 6) is -1.58. The van der Waals surface area contributed by atoms with Gasteiger partial charge in [0.2, 0.25) is 0 Å². The molecule has 1 aromatic heterocycles. The number of aliphatic hydroxyl groups is 1. The number of carbonyl (C=O) groups excluding carboxylic acids is 2. The van der Waals surface area contributed by atoms with Gasteiger partial charge in [0.1, 0.15) is 5.76 Å². The van der Waals surface area contributed by atoms with Gasteiger partial charge in [0.05, 0.1) is 23.2 Å². The number of halogens is 1. The SMILES string of the molecule is CCN(CC)CCCN1C(=O)C(=O)/C(=C(/O)c2ccncc2)C1c1cc(Br)c(O)c(OC)c1. The van der Waals surface area contributed by atoms with Gasteiger partial charge >= 0.3 is 0 Å². The number of amides is 1. The van der Waals surface area contributed by atoms with E-state index in [9.17, 15) is 19.8 Å². The normalized spacial score (nSPS) is 17.7. The molecule has 8 nitrogen and oxygen atoms in total.